The van der Waals surface area contributed by atoms with Gasteiger partial charge in [0, 0.05) is 44.0 Å². The summed E-state index contributed by atoms with van der Waals surface area (Å²) in [4.78, 5) is 30.0. The molecule has 7 heteroatoms. The Bertz CT molecular complexity index is 780. The first kappa shape index (κ1) is 18.7. The number of amides is 3. The highest BCUT2D eigenvalue weighted by molar-refractivity contribution is 5.89. The van der Waals surface area contributed by atoms with Crippen molar-refractivity contribution in [2.75, 3.05) is 25.5 Å². The number of aromatic nitrogens is 1. The largest absolute Gasteiger partial charge is 0.497 e. The number of nitrogens with one attached hydrogen (secondary N) is 2. The number of pyridine rings is 1. The van der Waals surface area contributed by atoms with Crippen LogP contribution in [0, 0.1) is 0 Å². The molecule has 1 unspecified atom stereocenters. The molecule has 0 aliphatic carbocycles. The lowest BCUT2D eigenvalue weighted by Gasteiger charge is -2.38. The van der Waals surface area contributed by atoms with Crippen LogP contribution in [0.25, 0.3) is 0 Å². The van der Waals surface area contributed by atoms with E-state index in [0.29, 0.717) is 18.8 Å². The molecule has 1 aromatic carbocycles. The number of urea groups is 1. The molecule has 3 rings (SSSR count). The van der Waals surface area contributed by atoms with Gasteiger partial charge >= 0.3 is 6.03 Å². The third kappa shape index (κ3) is 4.75. The van der Waals surface area contributed by atoms with Crippen LogP contribution in [0.3, 0.4) is 0 Å². The van der Waals surface area contributed by atoms with Crippen molar-refractivity contribution in [1.82, 2.24) is 15.2 Å². The maximum atomic E-state index is 12.5. The van der Waals surface area contributed by atoms with Crippen LogP contribution < -0.4 is 15.4 Å². The second-order valence-corrected chi connectivity index (χ2v) is 6.57. The molecule has 1 aromatic heterocycles. The molecule has 0 bridgehead atoms. The highest BCUT2D eigenvalue weighted by atomic mass is 16.5. The van der Waals surface area contributed by atoms with Crippen molar-refractivity contribution < 1.29 is 14.3 Å². The van der Waals surface area contributed by atoms with Gasteiger partial charge in [-0.2, -0.15) is 0 Å². The van der Waals surface area contributed by atoms with E-state index in [9.17, 15) is 9.59 Å². The number of methoxy groups -OCH3 is 1. The summed E-state index contributed by atoms with van der Waals surface area (Å²) < 4.78 is 5.23. The quantitative estimate of drug-likeness (QED) is 0.869. The lowest BCUT2D eigenvalue weighted by atomic mass is 9.85. The molecule has 27 heavy (non-hydrogen) atoms. The molecule has 3 amide bonds. The van der Waals surface area contributed by atoms with Crippen molar-refractivity contribution in [2.45, 2.75) is 25.3 Å². The summed E-state index contributed by atoms with van der Waals surface area (Å²) in [6.07, 6.45) is 4.02. The molecule has 1 fully saturated rings. The first-order valence-corrected chi connectivity index (χ1v) is 8.94. The van der Waals surface area contributed by atoms with Gasteiger partial charge in [0.1, 0.15) is 5.75 Å². The first-order chi connectivity index (χ1) is 13.1. The minimum absolute atomic E-state index is 0.0181. The standard InChI is InChI=1S/C20H24N4O3/c1-14(25)24-12-9-18(15-3-5-17(27-2)6-4-15)19(13-24)23-20(26)22-16-7-10-21-11-8-16/h3-8,10-11,18-19H,9,12-13H2,1-2H3,(H2,21,22,23,26)/t18?,19-/m1/s1. The van der Waals surface area contributed by atoms with Crippen molar-refractivity contribution in [1.29, 1.82) is 0 Å². The number of ether oxygens (including phenoxy) is 1. The number of nitrogens with zero attached hydrogens (tertiary/aromatic N) is 2. The monoisotopic (exact) mass is 368 g/mol. The fraction of sp³-hybridized carbons (Fsp3) is 0.350. The molecule has 1 aliphatic rings. The molecule has 2 aromatic rings. The number of carbonyl (C=O) groups is 2. The average molecular weight is 368 g/mol. The van der Waals surface area contributed by atoms with Crippen molar-refractivity contribution in [2.24, 2.45) is 0 Å². The SMILES string of the molecule is COc1ccc(C2CCN(C(C)=O)C[C@H]2NC(=O)Nc2ccncc2)cc1. The van der Waals surface area contributed by atoms with Crippen LogP contribution in [-0.4, -0.2) is 48.1 Å². The van der Waals surface area contributed by atoms with Crippen LogP contribution in [-0.2, 0) is 4.79 Å². The molecule has 0 spiro atoms. The Kier molecular flexibility index (Phi) is 5.90. The van der Waals surface area contributed by atoms with Crippen molar-refractivity contribution in [3.05, 3.63) is 54.4 Å². The summed E-state index contributed by atoms with van der Waals surface area (Å²) in [6.45, 7) is 2.72. The predicted octanol–water partition coefficient (Wildman–Crippen LogP) is 2.62. The molecule has 2 atom stereocenters. The van der Waals surface area contributed by atoms with Crippen molar-refractivity contribution in [3.8, 4) is 5.75 Å². The molecule has 1 aliphatic heterocycles. The maximum absolute atomic E-state index is 12.5. The van der Waals surface area contributed by atoms with Gasteiger partial charge in [0.15, 0.2) is 0 Å². The van der Waals surface area contributed by atoms with Gasteiger partial charge in [0.25, 0.3) is 0 Å². The summed E-state index contributed by atoms with van der Waals surface area (Å²) >= 11 is 0. The van der Waals surface area contributed by atoms with Crippen LogP contribution in [0.5, 0.6) is 5.75 Å². The third-order valence-electron chi connectivity index (χ3n) is 4.86. The Morgan fingerprint density at radius 3 is 2.48 bits per heavy atom. The number of rotatable bonds is 4. The number of benzene rings is 1. The molecule has 2 heterocycles. The molecule has 2 N–H and O–H groups in total. The zero-order valence-electron chi connectivity index (χ0n) is 15.5. The fourth-order valence-corrected chi connectivity index (χ4v) is 3.41. The third-order valence-corrected chi connectivity index (χ3v) is 4.86. The molecule has 1 saturated heterocycles. The molecule has 142 valence electrons. The van der Waals surface area contributed by atoms with E-state index < -0.39 is 0 Å². The fourth-order valence-electron chi connectivity index (χ4n) is 3.41. The number of likely N-dealkylation sites (tertiary alicyclic amines) is 1. The Morgan fingerprint density at radius 2 is 1.85 bits per heavy atom. The van der Waals surface area contributed by atoms with Gasteiger partial charge in [-0.15, -0.1) is 0 Å². The number of piperidine rings is 1. The first-order valence-electron chi connectivity index (χ1n) is 8.94. The van der Waals surface area contributed by atoms with E-state index in [2.05, 4.69) is 15.6 Å². The van der Waals surface area contributed by atoms with E-state index in [-0.39, 0.29) is 23.9 Å². The van der Waals surface area contributed by atoms with Gasteiger partial charge in [-0.25, -0.2) is 4.79 Å². The second-order valence-electron chi connectivity index (χ2n) is 6.57. The Morgan fingerprint density at radius 1 is 1.15 bits per heavy atom. The predicted molar refractivity (Wildman–Crippen MR) is 103 cm³/mol. The van der Waals surface area contributed by atoms with Gasteiger partial charge in [-0.1, -0.05) is 12.1 Å². The highest BCUT2D eigenvalue weighted by Gasteiger charge is 2.32. The van der Waals surface area contributed by atoms with E-state index in [0.717, 1.165) is 17.7 Å². The van der Waals surface area contributed by atoms with E-state index in [1.807, 2.05) is 24.3 Å². The van der Waals surface area contributed by atoms with Crippen LogP contribution >= 0.6 is 0 Å². The van der Waals surface area contributed by atoms with Gasteiger partial charge in [0.05, 0.1) is 13.2 Å². The lowest BCUT2D eigenvalue weighted by molar-refractivity contribution is -0.130. The summed E-state index contributed by atoms with van der Waals surface area (Å²) in [7, 11) is 1.63. The lowest BCUT2D eigenvalue weighted by Crippen LogP contribution is -2.53. The molecular weight excluding hydrogens is 344 g/mol. The molecular formula is C20H24N4O3. The summed E-state index contributed by atoms with van der Waals surface area (Å²) in [5, 5.41) is 5.84. The summed E-state index contributed by atoms with van der Waals surface area (Å²) in [5.74, 6) is 0.930. The van der Waals surface area contributed by atoms with E-state index >= 15 is 0 Å². The second kappa shape index (κ2) is 8.53. The van der Waals surface area contributed by atoms with E-state index in [1.54, 1.807) is 43.5 Å². The number of hydrogen-bond acceptors (Lipinski definition) is 4. The summed E-state index contributed by atoms with van der Waals surface area (Å²) in [6, 6.07) is 10.8. The minimum atomic E-state index is -0.296. The van der Waals surface area contributed by atoms with Crippen LogP contribution in [0.2, 0.25) is 0 Å². The highest BCUT2D eigenvalue weighted by Crippen LogP contribution is 2.30. The van der Waals surface area contributed by atoms with Crippen molar-refractivity contribution >= 4 is 17.6 Å². The average Bonchev–Trinajstić information content (AvgIpc) is 2.68. The van der Waals surface area contributed by atoms with Gasteiger partial charge in [-0.05, 0) is 36.2 Å². The number of hydrogen-bond donors (Lipinski definition) is 2. The Labute approximate surface area is 158 Å². The van der Waals surface area contributed by atoms with Crippen molar-refractivity contribution in [3.63, 3.8) is 0 Å². The van der Waals surface area contributed by atoms with E-state index in [4.69, 9.17) is 4.74 Å². The minimum Gasteiger partial charge on any atom is -0.497 e. The van der Waals surface area contributed by atoms with Crippen LogP contribution in [0.1, 0.15) is 24.8 Å². The topological polar surface area (TPSA) is 83.6 Å². The van der Waals surface area contributed by atoms with E-state index in [1.165, 1.54) is 0 Å². The molecule has 0 saturated carbocycles. The number of anilines is 1. The maximum Gasteiger partial charge on any atom is 0.319 e. The van der Waals surface area contributed by atoms with Gasteiger partial charge < -0.3 is 20.3 Å². The van der Waals surface area contributed by atoms with Gasteiger partial charge in [-0.3, -0.25) is 9.78 Å². The molecule has 7 nitrogen and oxygen atoms in total. The zero-order valence-corrected chi connectivity index (χ0v) is 15.5. The molecule has 0 radical (unpaired) electrons. The Hall–Kier alpha value is -3.09. The van der Waals surface area contributed by atoms with Crippen LogP contribution in [0.4, 0.5) is 10.5 Å². The smallest absolute Gasteiger partial charge is 0.319 e. The number of carbonyl (C=O) groups excluding carboxylic acids is 2. The normalized spacial score (nSPS) is 19.3. The zero-order chi connectivity index (χ0) is 19.2. The summed E-state index contributed by atoms with van der Waals surface area (Å²) in [5.41, 5.74) is 1.79. The van der Waals surface area contributed by atoms with Gasteiger partial charge in [0.2, 0.25) is 5.91 Å². The van der Waals surface area contributed by atoms with Crippen LogP contribution in [0.15, 0.2) is 48.8 Å². The Balaban J connectivity index is 1.74.